The van der Waals surface area contributed by atoms with Crippen LogP contribution in [0.25, 0.3) is 27.1 Å². The van der Waals surface area contributed by atoms with Gasteiger partial charge in [0.2, 0.25) is 5.88 Å². The maximum atomic E-state index is 14.1. The third-order valence-electron chi connectivity index (χ3n) is 6.50. The second-order valence-electron chi connectivity index (χ2n) is 8.58. The van der Waals surface area contributed by atoms with Crippen molar-refractivity contribution in [1.82, 2.24) is 14.9 Å². The van der Waals surface area contributed by atoms with Gasteiger partial charge in [-0.2, -0.15) is 0 Å². The molecule has 1 fully saturated rings. The minimum absolute atomic E-state index is 0.108. The molecule has 0 spiro atoms. The first-order valence-corrected chi connectivity index (χ1v) is 11.7. The number of carbonyl (C=O) groups excluding carboxylic acids is 1. The fourth-order valence-electron chi connectivity index (χ4n) is 5.07. The normalized spacial score (nSPS) is 21.2. The Hall–Kier alpha value is -3.58. The molecule has 0 bridgehead atoms. The summed E-state index contributed by atoms with van der Waals surface area (Å²) >= 11 is 12.5. The molecule has 5 rings (SSSR count). The van der Waals surface area contributed by atoms with E-state index in [4.69, 9.17) is 33.5 Å². The molecule has 0 saturated carbocycles. The van der Waals surface area contributed by atoms with Gasteiger partial charge in [-0.15, -0.1) is 0 Å². The smallest absolute Gasteiger partial charge is 0.201 e. The Morgan fingerprint density at radius 1 is 1.11 bits per heavy atom. The number of nitrogens with zero attached hydrogens (tertiary/aromatic N) is 6. The number of halogens is 2. The number of hydrogen-bond acceptors (Lipinski definition) is 6. The van der Waals surface area contributed by atoms with Crippen LogP contribution in [-0.2, 0) is 16.0 Å². The van der Waals surface area contributed by atoms with Gasteiger partial charge in [0.1, 0.15) is 11.9 Å². The Balaban J connectivity index is 1.55. The number of rotatable bonds is 6. The van der Waals surface area contributed by atoms with Crippen LogP contribution in [-0.4, -0.2) is 45.9 Å². The van der Waals surface area contributed by atoms with Crippen LogP contribution in [0.4, 0.5) is 0 Å². The van der Waals surface area contributed by atoms with Crippen molar-refractivity contribution in [2.45, 2.75) is 24.4 Å². The SMILES string of the molecule is COC1=C(c2cc(Cl)cc(Cl)c2)C(=O)[C@]2(Cc3ccc(-c4cncnc4)cc3)C[C@H](N=[N+]=[N-])CN12. The summed E-state index contributed by atoms with van der Waals surface area (Å²) in [7, 11) is 1.53. The van der Waals surface area contributed by atoms with Gasteiger partial charge in [-0.3, -0.25) is 4.79 Å². The molecule has 8 nitrogen and oxygen atoms in total. The molecular formula is C25H20Cl2N6O2. The first kappa shape index (κ1) is 23.2. The molecule has 0 radical (unpaired) electrons. The zero-order chi connectivity index (χ0) is 24.6. The van der Waals surface area contributed by atoms with Gasteiger partial charge < -0.3 is 9.64 Å². The van der Waals surface area contributed by atoms with E-state index < -0.39 is 5.54 Å². The van der Waals surface area contributed by atoms with Gasteiger partial charge in [-0.25, -0.2) is 9.97 Å². The lowest BCUT2D eigenvalue weighted by molar-refractivity contribution is -0.121. The van der Waals surface area contributed by atoms with Crippen molar-refractivity contribution in [3.05, 3.63) is 98.7 Å². The summed E-state index contributed by atoms with van der Waals surface area (Å²) in [6.07, 6.45) is 5.78. The van der Waals surface area contributed by atoms with Crippen molar-refractivity contribution < 1.29 is 9.53 Å². The Kier molecular flexibility index (Phi) is 6.11. The van der Waals surface area contributed by atoms with E-state index in [2.05, 4.69) is 20.0 Å². The molecule has 2 aliphatic rings. The van der Waals surface area contributed by atoms with Crippen molar-refractivity contribution >= 4 is 34.6 Å². The standard InChI is InChI=1S/C25H20Cl2N6O2/c1-35-24-22(17-6-19(26)8-20(27)7-17)23(34)25(10-21(31-32-28)13-33(24)25)9-15-2-4-16(5-3-15)18-11-29-14-30-12-18/h2-8,11-12,14,21H,9-10,13H2,1H3/t21-,25-/m0/s1. The molecule has 35 heavy (non-hydrogen) atoms. The number of ether oxygens (including phenoxy) is 1. The zero-order valence-electron chi connectivity index (χ0n) is 18.7. The van der Waals surface area contributed by atoms with Crippen LogP contribution >= 0.6 is 23.2 Å². The number of ketones is 1. The van der Waals surface area contributed by atoms with Crippen molar-refractivity contribution in [1.29, 1.82) is 0 Å². The third kappa shape index (κ3) is 4.10. The monoisotopic (exact) mass is 506 g/mol. The number of fused-ring (bicyclic) bond motifs is 1. The molecule has 0 aliphatic carbocycles. The van der Waals surface area contributed by atoms with Gasteiger partial charge >= 0.3 is 0 Å². The van der Waals surface area contributed by atoms with Gasteiger partial charge in [-0.05, 0) is 46.8 Å². The Morgan fingerprint density at radius 2 is 1.80 bits per heavy atom. The molecular weight excluding hydrogens is 487 g/mol. The maximum absolute atomic E-state index is 14.1. The lowest BCUT2D eigenvalue weighted by atomic mass is 9.81. The second-order valence-corrected chi connectivity index (χ2v) is 9.45. The molecule has 0 amide bonds. The fourth-order valence-corrected chi connectivity index (χ4v) is 5.60. The highest BCUT2D eigenvalue weighted by Crippen LogP contribution is 2.48. The number of benzene rings is 2. The first-order chi connectivity index (χ1) is 16.9. The zero-order valence-corrected chi connectivity index (χ0v) is 20.2. The Labute approximate surface area is 211 Å². The molecule has 0 unspecified atom stereocenters. The van der Waals surface area contributed by atoms with Gasteiger partial charge in [-0.1, -0.05) is 52.6 Å². The van der Waals surface area contributed by atoms with Crippen LogP contribution in [0, 0.1) is 0 Å². The van der Waals surface area contributed by atoms with Gasteiger partial charge in [0.25, 0.3) is 0 Å². The number of Topliss-reactive ketones (excluding diaryl/α,β-unsaturated/α-hetero) is 1. The lowest BCUT2D eigenvalue weighted by Gasteiger charge is -2.33. The van der Waals surface area contributed by atoms with E-state index >= 15 is 0 Å². The molecule has 0 N–H and O–H groups in total. The molecule has 10 heteroatoms. The van der Waals surface area contributed by atoms with Crippen LogP contribution in [0.15, 0.2) is 72.2 Å². The summed E-state index contributed by atoms with van der Waals surface area (Å²) in [6, 6.07) is 12.6. The summed E-state index contributed by atoms with van der Waals surface area (Å²) < 4.78 is 5.76. The highest BCUT2D eigenvalue weighted by Gasteiger charge is 2.58. The van der Waals surface area contributed by atoms with E-state index in [1.807, 2.05) is 29.2 Å². The van der Waals surface area contributed by atoms with Gasteiger partial charge in [0, 0.05) is 45.9 Å². The van der Waals surface area contributed by atoms with E-state index in [-0.39, 0.29) is 11.8 Å². The fraction of sp³-hybridized carbons (Fsp3) is 0.240. The number of hydrogen-bond donors (Lipinski definition) is 0. The third-order valence-corrected chi connectivity index (χ3v) is 6.93. The van der Waals surface area contributed by atoms with Crippen LogP contribution in [0.2, 0.25) is 10.0 Å². The molecule has 1 aromatic heterocycles. The molecule has 2 aliphatic heterocycles. The summed E-state index contributed by atoms with van der Waals surface area (Å²) in [6.45, 7) is 0.371. The lowest BCUT2D eigenvalue weighted by Crippen LogP contribution is -2.47. The quantitative estimate of drug-likeness (QED) is 0.241. The summed E-state index contributed by atoms with van der Waals surface area (Å²) in [5, 5.41) is 4.78. The number of azide groups is 1. The summed E-state index contributed by atoms with van der Waals surface area (Å²) in [4.78, 5) is 27.2. The molecule has 1 saturated heterocycles. The van der Waals surface area contributed by atoms with Crippen molar-refractivity contribution in [2.24, 2.45) is 5.11 Å². The summed E-state index contributed by atoms with van der Waals surface area (Å²) in [5.41, 5.74) is 12.0. The van der Waals surface area contributed by atoms with E-state index in [1.165, 1.54) is 13.4 Å². The first-order valence-electron chi connectivity index (χ1n) is 10.9. The number of aromatic nitrogens is 2. The van der Waals surface area contributed by atoms with E-state index in [0.29, 0.717) is 46.5 Å². The minimum atomic E-state index is -0.953. The molecule has 2 aromatic carbocycles. The molecule has 3 heterocycles. The Bertz CT molecular complexity index is 1350. The topological polar surface area (TPSA) is 104 Å². The van der Waals surface area contributed by atoms with Gasteiger partial charge in [0.05, 0.1) is 18.7 Å². The largest absolute Gasteiger partial charge is 0.482 e. The van der Waals surface area contributed by atoms with E-state index in [9.17, 15) is 4.79 Å². The average molecular weight is 507 g/mol. The van der Waals surface area contributed by atoms with Crippen molar-refractivity contribution in [3.63, 3.8) is 0 Å². The molecule has 176 valence electrons. The van der Waals surface area contributed by atoms with E-state index in [1.54, 1.807) is 30.6 Å². The van der Waals surface area contributed by atoms with Crippen LogP contribution in [0.5, 0.6) is 0 Å². The van der Waals surface area contributed by atoms with Crippen molar-refractivity contribution in [2.75, 3.05) is 13.7 Å². The molecule has 2 atom stereocenters. The van der Waals surface area contributed by atoms with Crippen LogP contribution in [0.3, 0.4) is 0 Å². The van der Waals surface area contributed by atoms with Crippen molar-refractivity contribution in [3.8, 4) is 11.1 Å². The minimum Gasteiger partial charge on any atom is -0.482 e. The predicted molar refractivity (Wildman–Crippen MR) is 134 cm³/mol. The summed E-state index contributed by atoms with van der Waals surface area (Å²) in [5.74, 6) is 0.325. The molecule has 3 aromatic rings. The van der Waals surface area contributed by atoms with Crippen LogP contribution < -0.4 is 0 Å². The number of methoxy groups -OCH3 is 1. The Morgan fingerprint density at radius 3 is 2.43 bits per heavy atom. The second kappa shape index (κ2) is 9.23. The highest BCUT2D eigenvalue weighted by molar-refractivity contribution is 6.36. The number of carbonyl (C=O) groups is 1. The van der Waals surface area contributed by atoms with Crippen LogP contribution in [0.1, 0.15) is 17.5 Å². The van der Waals surface area contributed by atoms with E-state index in [0.717, 1.165) is 16.7 Å². The highest BCUT2D eigenvalue weighted by atomic mass is 35.5. The predicted octanol–water partition coefficient (Wildman–Crippen LogP) is 5.71. The maximum Gasteiger partial charge on any atom is 0.201 e. The van der Waals surface area contributed by atoms with Gasteiger partial charge in [0.15, 0.2) is 5.78 Å². The average Bonchev–Trinajstić information content (AvgIpc) is 3.30.